The van der Waals surface area contributed by atoms with Crippen LogP contribution in [0.15, 0.2) is 22.7 Å². The van der Waals surface area contributed by atoms with Crippen molar-refractivity contribution in [3.8, 4) is 0 Å². The number of hydrogen-bond acceptors (Lipinski definition) is 3. The Labute approximate surface area is 135 Å². The van der Waals surface area contributed by atoms with Crippen LogP contribution in [0.5, 0.6) is 0 Å². The van der Waals surface area contributed by atoms with Gasteiger partial charge in [-0.15, -0.1) is 0 Å². The Morgan fingerprint density at radius 1 is 1.29 bits per heavy atom. The third-order valence-electron chi connectivity index (χ3n) is 4.95. The van der Waals surface area contributed by atoms with Gasteiger partial charge in [0.1, 0.15) is 0 Å². The van der Waals surface area contributed by atoms with Crippen molar-refractivity contribution in [1.29, 1.82) is 0 Å². The Balaban J connectivity index is 1.77. The first-order valence-corrected chi connectivity index (χ1v) is 8.62. The van der Waals surface area contributed by atoms with Crippen LogP contribution in [0.1, 0.15) is 42.9 Å². The molecule has 2 aliphatic heterocycles. The van der Waals surface area contributed by atoms with Crippen LogP contribution in [0, 0.1) is 12.8 Å². The van der Waals surface area contributed by atoms with E-state index >= 15 is 0 Å². The van der Waals surface area contributed by atoms with Crippen molar-refractivity contribution in [2.75, 3.05) is 19.8 Å². The van der Waals surface area contributed by atoms with Crippen molar-refractivity contribution in [3.63, 3.8) is 0 Å². The summed E-state index contributed by atoms with van der Waals surface area (Å²) in [5, 5.41) is 0. The number of nitrogens with two attached hydrogens (primary N) is 1. The van der Waals surface area contributed by atoms with Crippen molar-refractivity contribution in [2.45, 2.75) is 44.2 Å². The zero-order valence-corrected chi connectivity index (χ0v) is 14.2. The fourth-order valence-corrected chi connectivity index (χ4v) is 4.15. The predicted octanol–water partition coefficient (Wildman–Crippen LogP) is 3.73. The molecule has 0 aromatic heterocycles. The molecule has 1 spiro atoms. The Morgan fingerprint density at radius 3 is 2.81 bits per heavy atom. The summed E-state index contributed by atoms with van der Waals surface area (Å²) in [6.45, 7) is 4.57. The van der Waals surface area contributed by atoms with Crippen LogP contribution in [-0.4, -0.2) is 25.4 Å². The van der Waals surface area contributed by atoms with Gasteiger partial charge in [-0.05, 0) is 50.2 Å². The number of rotatable bonds is 2. The molecule has 3 rings (SSSR count). The second-order valence-electron chi connectivity index (χ2n) is 6.45. The van der Waals surface area contributed by atoms with Gasteiger partial charge < -0.3 is 15.2 Å². The van der Waals surface area contributed by atoms with Gasteiger partial charge in [0.2, 0.25) is 0 Å². The molecule has 0 saturated carbocycles. The third kappa shape index (κ3) is 3.34. The highest BCUT2D eigenvalue weighted by Gasteiger charge is 2.41. The Kier molecular flexibility index (Phi) is 4.69. The van der Waals surface area contributed by atoms with Gasteiger partial charge >= 0.3 is 0 Å². The normalized spacial score (nSPS) is 26.7. The zero-order chi connectivity index (χ0) is 14.9. The first kappa shape index (κ1) is 15.5. The highest BCUT2D eigenvalue weighted by Crippen LogP contribution is 2.42. The Bertz CT molecular complexity index is 494. The minimum atomic E-state index is 0.00902. The minimum Gasteiger partial charge on any atom is -0.381 e. The molecule has 4 heteroatoms. The molecule has 2 heterocycles. The number of halogens is 1. The summed E-state index contributed by atoms with van der Waals surface area (Å²) in [5.41, 5.74) is 9.11. The Hall–Kier alpha value is -0.420. The van der Waals surface area contributed by atoms with E-state index in [-0.39, 0.29) is 11.6 Å². The molecule has 2 fully saturated rings. The van der Waals surface area contributed by atoms with Crippen LogP contribution in [-0.2, 0) is 9.47 Å². The maximum Gasteiger partial charge on any atom is 0.0729 e. The van der Waals surface area contributed by atoms with Gasteiger partial charge in [0.05, 0.1) is 5.60 Å². The first-order valence-electron chi connectivity index (χ1n) is 7.83. The van der Waals surface area contributed by atoms with E-state index in [0.717, 1.165) is 50.0 Å². The second kappa shape index (κ2) is 6.37. The van der Waals surface area contributed by atoms with Gasteiger partial charge in [-0.2, -0.15) is 0 Å². The second-order valence-corrected chi connectivity index (χ2v) is 7.30. The molecule has 2 aliphatic rings. The number of aryl methyl sites for hydroxylation is 1. The molecule has 0 amide bonds. The van der Waals surface area contributed by atoms with E-state index in [0.29, 0.717) is 5.92 Å². The highest BCUT2D eigenvalue weighted by molar-refractivity contribution is 9.10. The van der Waals surface area contributed by atoms with Gasteiger partial charge in [0, 0.05) is 30.3 Å². The molecule has 21 heavy (non-hydrogen) atoms. The fraction of sp³-hybridized carbons (Fsp3) is 0.647. The topological polar surface area (TPSA) is 44.5 Å². The summed E-state index contributed by atoms with van der Waals surface area (Å²) >= 11 is 3.65. The van der Waals surface area contributed by atoms with Crippen LogP contribution >= 0.6 is 15.9 Å². The van der Waals surface area contributed by atoms with Crippen molar-refractivity contribution < 1.29 is 9.47 Å². The molecule has 1 aromatic rings. The van der Waals surface area contributed by atoms with Crippen LogP contribution < -0.4 is 5.73 Å². The lowest BCUT2D eigenvalue weighted by molar-refractivity contribution is -0.149. The molecule has 2 atom stereocenters. The zero-order valence-electron chi connectivity index (χ0n) is 12.6. The standard InChI is InChI=1S/C17H24BrNO2/c1-12-2-3-15(18)14(10-12)16(19)13-4-7-21-17(11-13)5-8-20-9-6-17/h2-3,10,13,16H,4-9,11,19H2,1H3. The van der Waals surface area contributed by atoms with E-state index in [1.807, 2.05) is 0 Å². The quantitative estimate of drug-likeness (QED) is 0.880. The van der Waals surface area contributed by atoms with Gasteiger partial charge in [-0.25, -0.2) is 0 Å². The van der Waals surface area contributed by atoms with Gasteiger partial charge in [-0.1, -0.05) is 33.6 Å². The summed E-state index contributed by atoms with van der Waals surface area (Å²) in [4.78, 5) is 0. The largest absolute Gasteiger partial charge is 0.381 e. The van der Waals surface area contributed by atoms with Crippen LogP contribution in [0.3, 0.4) is 0 Å². The molecule has 2 unspecified atom stereocenters. The van der Waals surface area contributed by atoms with E-state index in [1.165, 1.54) is 11.1 Å². The molecule has 0 bridgehead atoms. The first-order chi connectivity index (χ1) is 10.1. The summed E-state index contributed by atoms with van der Waals surface area (Å²) in [6, 6.07) is 6.50. The lowest BCUT2D eigenvalue weighted by Gasteiger charge is -2.45. The average Bonchev–Trinajstić information content (AvgIpc) is 2.50. The van der Waals surface area contributed by atoms with E-state index < -0.39 is 0 Å². The lowest BCUT2D eigenvalue weighted by Crippen LogP contribution is -2.46. The molecular weight excluding hydrogens is 330 g/mol. The van der Waals surface area contributed by atoms with Crippen molar-refractivity contribution >= 4 is 15.9 Å². The number of benzene rings is 1. The maximum atomic E-state index is 6.61. The number of hydrogen-bond donors (Lipinski definition) is 1. The van der Waals surface area contributed by atoms with Crippen molar-refractivity contribution in [2.24, 2.45) is 11.7 Å². The lowest BCUT2D eigenvalue weighted by atomic mass is 9.76. The molecular formula is C17H24BrNO2. The van der Waals surface area contributed by atoms with Crippen molar-refractivity contribution in [1.82, 2.24) is 0 Å². The van der Waals surface area contributed by atoms with Crippen LogP contribution in [0.2, 0.25) is 0 Å². The summed E-state index contributed by atoms with van der Waals surface area (Å²) in [7, 11) is 0. The molecule has 1 aromatic carbocycles. The third-order valence-corrected chi connectivity index (χ3v) is 5.68. The molecule has 3 nitrogen and oxygen atoms in total. The molecule has 2 N–H and O–H groups in total. The van der Waals surface area contributed by atoms with Crippen LogP contribution in [0.4, 0.5) is 0 Å². The average molecular weight is 354 g/mol. The molecule has 0 radical (unpaired) electrons. The van der Waals surface area contributed by atoms with E-state index in [1.54, 1.807) is 0 Å². The maximum absolute atomic E-state index is 6.61. The van der Waals surface area contributed by atoms with E-state index in [9.17, 15) is 0 Å². The predicted molar refractivity (Wildman–Crippen MR) is 87.3 cm³/mol. The van der Waals surface area contributed by atoms with Crippen molar-refractivity contribution in [3.05, 3.63) is 33.8 Å². The monoisotopic (exact) mass is 353 g/mol. The summed E-state index contributed by atoms with van der Waals surface area (Å²) in [6.07, 6.45) is 4.11. The van der Waals surface area contributed by atoms with Gasteiger partial charge in [0.25, 0.3) is 0 Å². The van der Waals surface area contributed by atoms with Gasteiger partial charge in [-0.3, -0.25) is 0 Å². The summed E-state index contributed by atoms with van der Waals surface area (Å²) in [5.74, 6) is 0.481. The summed E-state index contributed by atoms with van der Waals surface area (Å²) < 4.78 is 12.7. The van der Waals surface area contributed by atoms with E-state index in [4.69, 9.17) is 15.2 Å². The smallest absolute Gasteiger partial charge is 0.0729 e. The van der Waals surface area contributed by atoms with Gasteiger partial charge in [0.15, 0.2) is 0 Å². The number of ether oxygens (including phenoxy) is 2. The molecule has 116 valence electrons. The van der Waals surface area contributed by atoms with E-state index in [2.05, 4.69) is 41.1 Å². The molecule has 2 saturated heterocycles. The Morgan fingerprint density at radius 2 is 2.05 bits per heavy atom. The highest BCUT2D eigenvalue weighted by atomic mass is 79.9. The minimum absolute atomic E-state index is 0.00902. The molecule has 0 aliphatic carbocycles. The SMILES string of the molecule is Cc1ccc(Br)c(C(N)C2CCOC3(CCOCC3)C2)c1. The fourth-order valence-electron chi connectivity index (χ4n) is 3.64. The van der Waals surface area contributed by atoms with Crippen LogP contribution in [0.25, 0.3) is 0 Å².